The van der Waals surface area contributed by atoms with Gasteiger partial charge in [-0.25, -0.2) is 4.68 Å². The minimum Gasteiger partial charge on any atom is -0.383 e. The van der Waals surface area contributed by atoms with Crippen LogP contribution in [0.3, 0.4) is 0 Å². The maximum absolute atomic E-state index is 5.58. The standard InChI is InChI=1S/C21H29BrN4O3/c1-17(2)18(3)23-8-10-27-12-14-29-15-13-28-11-9-26-16-21(24-25-26)19-6-4-5-7-20(19)22/h4-7,16,23H,1,3,8-15H2,2H3. The summed E-state index contributed by atoms with van der Waals surface area (Å²) >= 11 is 3.53. The fourth-order valence-electron chi connectivity index (χ4n) is 2.32. The molecule has 1 aromatic carbocycles. The molecular weight excluding hydrogens is 436 g/mol. The third-order valence-corrected chi connectivity index (χ3v) is 4.69. The predicted octanol–water partition coefficient (Wildman–Crippen LogP) is 3.44. The zero-order valence-electron chi connectivity index (χ0n) is 16.9. The normalized spacial score (nSPS) is 10.8. The number of ether oxygens (including phenoxy) is 3. The molecule has 2 rings (SSSR count). The predicted molar refractivity (Wildman–Crippen MR) is 118 cm³/mol. The van der Waals surface area contributed by atoms with Crippen LogP contribution in [0.5, 0.6) is 0 Å². The molecule has 0 amide bonds. The molecule has 0 atom stereocenters. The Bertz CT molecular complexity index is 779. The van der Waals surface area contributed by atoms with Crippen LogP contribution in [0.4, 0.5) is 0 Å². The molecule has 0 saturated heterocycles. The number of nitrogens with one attached hydrogen (secondary N) is 1. The minimum absolute atomic E-state index is 0.534. The van der Waals surface area contributed by atoms with Crippen molar-refractivity contribution in [1.29, 1.82) is 0 Å². The molecule has 0 aliphatic carbocycles. The number of rotatable bonds is 15. The maximum atomic E-state index is 5.58. The lowest BCUT2D eigenvalue weighted by Gasteiger charge is -2.10. The number of hydrogen-bond acceptors (Lipinski definition) is 6. The summed E-state index contributed by atoms with van der Waals surface area (Å²) in [5, 5.41) is 11.5. The Morgan fingerprint density at radius 2 is 1.69 bits per heavy atom. The van der Waals surface area contributed by atoms with Crippen molar-refractivity contribution in [3.8, 4) is 11.3 Å². The quantitative estimate of drug-likeness (QED) is 0.321. The van der Waals surface area contributed by atoms with Crippen LogP contribution in [0.25, 0.3) is 11.3 Å². The number of hydrogen-bond donors (Lipinski definition) is 1. The maximum Gasteiger partial charge on any atom is 0.114 e. The molecule has 1 heterocycles. The second-order valence-electron chi connectivity index (χ2n) is 6.37. The lowest BCUT2D eigenvalue weighted by atomic mass is 10.2. The average Bonchev–Trinajstić information content (AvgIpc) is 3.17. The van der Waals surface area contributed by atoms with Crippen LogP contribution in [0, 0.1) is 0 Å². The Kier molecular flexibility index (Phi) is 10.6. The molecular formula is C21H29BrN4O3. The van der Waals surface area contributed by atoms with Crippen LogP contribution in [-0.2, 0) is 20.8 Å². The van der Waals surface area contributed by atoms with Crippen LogP contribution < -0.4 is 5.32 Å². The van der Waals surface area contributed by atoms with Gasteiger partial charge >= 0.3 is 0 Å². The second kappa shape index (κ2) is 13.3. The average molecular weight is 465 g/mol. The monoisotopic (exact) mass is 464 g/mol. The third-order valence-electron chi connectivity index (χ3n) is 4.00. The van der Waals surface area contributed by atoms with Crippen molar-refractivity contribution < 1.29 is 14.2 Å². The van der Waals surface area contributed by atoms with E-state index in [2.05, 4.69) is 44.7 Å². The fraction of sp³-hybridized carbons (Fsp3) is 0.429. The summed E-state index contributed by atoms with van der Waals surface area (Å²) < 4.78 is 19.3. The van der Waals surface area contributed by atoms with Crippen LogP contribution in [0.1, 0.15) is 6.92 Å². The summed E-state index contributed by atoms with van der Waals surface area (Å²) in [4.78, 5) is 0. The van der Waals surface area contributed by atoms with Gasteiger partial charge in [0.1, 0.15) is 5.69 Å². The molecule has 7 nitrogen and oxygen atoms in total. The van der Waals surface area contributed by atoms with E-state index in [0.29, 0.717) is 52.7 Å². The number of halogens is 1. The highest BCUT2D eigenvalue weighted by Gasteiger charge is 2.06. The van der Waals surface area contributed by atoms with Gasteiger partial charge in [0.2, 0.25) is 0 Å². The highest BCUT2D eigenvalue weighted by atomic mass is 79.9. The van der Waals surface area contributed by atoms with E-state index in [1.165, 1.54) is 0 Å². The van der Waals surface area contributed by atoms with Crippen LogP contribution in [0.2, 0.25) is 0 Å². The van der Waals surface area contributed by atoms with Gasteiger partial charge in [-0.2, -0.15) is 0 Å². The smallest absolute Gasteiger partial charge is 0.114 e. The summed E-state index contributed by atoms with van der Waals surface area (Å²) in [6.07, 6.45) is 1.91. The Morgan fingerprint density at radius 3 is 2.38 bits per heavy atom. The summed E-state index contributed by atoms with van der Waals surface area (Å²) in [6, 6.07) is 7.94. The Morgan fingerprint density at radius 1 is 1.03 bits per heavy atom. The van der Waals surface area contributed by atoms with Crippen molar-refractivity contribution in [3.05, 3.63) is 59.4 Å². The lowest BCUT2D eigenvalue weighted by Crippen LogP contribution is -2.20. The Labute approximate surface area is 180 Å². The van der Waals surface area contributed by atoms with E-state index in [4.69, 9.17) is 14.2 Å². The van der Waals surface area contributed by atoms with Gasteiger partial charge in [-0.1, -0.05) is 52.5 Å². The zero-order chi connectivity index (χ0) is 20.9. The van der Waals surface area contributed by atoms with E-state index < -0.39 is 0 Å². The highest BCUT2D eigenvalue weighted by Crippen LogP contribution is 2.25. The second-order valence-corrected chi connectivity index (χ2v) is 7.22. The number of aromatic nitrogens is 3. The first-order valence-electron chi connectivity index (χ1n) is 9.55. The molecule has 0 bridgehead atoms. The first kappa shape index (κ1) is 23.3. The van der Waals surface area contributed by atoms with Gasteiger partial charge in [0.15, 0.2) is 0 Å². The third kappa shape index (κ3) is 8.91. The van der Waals surface area contributed by atoms with Gasteiger partial charge in [-0.15, -0.1) is 5.10 Å². The molecule has 0 unspecified atom stereocenters. The molecule has 1 aromatic heterocycles. The van der Waals surface area contributed by atoms with Gasteiger partial charge in [-0.3, -0.25) is 0 Å². The SMILES string of the molecule is C=C(C)C(=C)NCCOCCOCCOCCn1cc(-c2ccccc2Br)nn1. The number of benzene rings is 1. The molecule has 158 valence electrons. The largest absolute Gasteiger partial charge is 0.383 e. The summed E-state index contributed by atoms with van der Waals surface area (Å²) in [7, 11) is 0. The Hall–Kier alpha value is -2.00. The van der Waals surface area contributed by atoms with Crippen LogP contribution in [-0.4, -0.2) is 61.2 Å². The molecule has 1 N–H and O–H groups in total. The summed E-state index contributed by atoms with van der Waals surface area (Å²) in [5.41, 5.74) is 3.63. The van der Waals surface area contributed by atoms with Gasteiger partial charge in [-0.05, 0) is 18.6 Å². The molecule has 2 aromatic rings. The van der Waals surface area contributed by atoms with E-state index in [-0.39, 0.29) is 0 Å². The van der Waals surface area contributed by atoms with Gasteiger partial charge in [0.05, 0.1) is 52.4 Å². The molecule has 0 fully saturated rings. The minimum atomic E-state index is 0.534. The van der Waals surface area contributed by atoms with Crippen molar-refractivity contribution in [3.63, 3.8) is 0 Å². The molecule has 0 aliphatic heterocycles. The van der Waals surface area contributed by atoms with Crippen molar-refractivity contribution >= 4 is 15.9 Å². The molecule has 29 heavy (non-hydrogen) atoms. The first-order chi connectivity index (χ1) is 14.1. The molecule has 0 saturated carbocycles. The first-order valence-corrected chi connectivity index (χ1v) is 10.3. The summed E-state index contributed by atoms with van der Waals surface area (Å²) in [5.74, 6) is 0. The summed E-state index contributed by atoms with van der Waals surface area (Å²) in [6.45, 7) is 14.3. The van der Waals surface area contributed by atoms with Gasteiger partial charge in [0.25, 0.3) is 0 Å². The highest BCUT2D eigenvalue weighted by molar-refractivity contribution is 9.10. The van der Waals surface area contributed by atoms with Crippen molar-refractivity contribution in [2.24, 2.45) is 0 Å². The van der Waals surface area contributed by atoms with Crippen LogP contribution >= 0.6 is 15.9 Å². The fourth-order valence-corrected chi connectivity index (χ4v) is 2.81. The molecule has 8 heteroatoms. The van der Waals surface area contributed by atoms with Crippen molar-refractivity contribution in [2.45, 2.75) is 13.5 Å². The molecule has 0 aliphatic rings. The van der Waals surface area contributed by atoms with E-state index in [9.17, 15) is 0 Å². The van der Waals surface area contributed by atoms with Crippen LogP contribution in [0.15, 0.2) is 59.4 Å². The van der Waals surface area contributed by atoms with E-state index in [1.54, 1.807) is 4.68 Å². The Balaban J connectivity index is 1.45. The molecule has 0 spiro atoms. The van der Waals surface area contributed by atoms with Gasteiger partial charge in [0, 0.05) is 22.3 Å². The van der Waals surface area contributed by atoms with Crippen molar-refractivity contribution in [2.75, 3.05) is 46.2 Å². The van der Waals surface area contributed by atoms with E-state index in [1.807, 2.05) is 37.4 Å². The van der Waals surface area contributed by atoms with Gasteiger partial charge < -0.3 is 19.5 Å². The van der Waals surface area contributed by atoms with E-state index >= 15 is 0 Å². The number of allylic oxidation sites excluding steroid dienone is 1. The van der Waals surface area contributed by atoms with E-state index in [0.717, 1.165) is 27.0 Å². The topological polar surface area (TPSA) is 70.4 Å². The van der Waals surface area contributed by atoms with Crippen molar-refractivity contribution in [1.82, 2.24) is 20.3 Å². The lowest BCUT2D eigenvalue weighted by molar-refractivity contribution is 0.0135. The molecule has 0 radical (unpaired) electrons. The number of nitrogens with zero attached hydrogens (tertiary/aromatic N) is 3. The zero-order valence-corrected chi connectivity index (χ0v) is 18.5.